The summed E-state index contributed by atoms with van der Waals surface area (Å²) in [5.41, 5.74) is 0.330. The molecular weight excluding hydrogens is 260 g/mol. The Bertz CT molecular complexity index is 377. The number of likely N-dealkylation sites (tertiary alicyclic amines) is 1. The normalized spacial score (nSPS) is 29.2. The Balaban J connectivity index is 1.85. The lowest BCUT2D eigenvalue weighted by Crippen LogP contribution is -2.51. The number of nitrogens with one attached hydrogen (secondary N) is 1. The number of urea groups is 1. The molecule has 2 fully saturated rings. The van der Waals surface area contributed by atoms with Crippen LogP contribution >= 0.6 is 0 Å². The first kappa shape index (κ1) is 15.1. The maximum Gasteiger partial charge on any atom is 0.317 e. The van der Waals surface area contributed by atoms with Crippen LogP contribution in [0.1, 0.15) is 33.1 Å². The van der Waals surface area contributed by atoms with E-state index in [1.165, 1.54) is 0 Å². The third-order valence-electron chi connectivity index (χ3n) is 4.82. The van der Waals surface area contributed by atoms with Gasteiger partial charge in [-0.1, -0.05) is 20.3 Å². The molecular formula is C14H24N2O4. The Morgan fingerprint density at radius 3 is 2.55 bits per heavy atom. The molecule has 0 bridgehead atoms. The molecule has 0 aromatic heterocycles. The number of ether oxygens (including phenoxy) is 1. The van der Waals surface area contributed by atoms with Gasteiger partial charge >= 0.3 is 12.0 Å². The summed E-state index contributed by atoms with van der Waals surface area (Å²) >= 11 is 0. The Hall–Kier alpha value is -1.30. The number of hydrogen-bond donors (Lipinski definition) is 2. The quantitative estimate of drug-likeness (QED) is 0.819. The number of piperidine rings is 1. The predicted octanol–water partition coefficient (Wildman–Crippen LogP) is 1.31. The molecule has 2 N–H and O–H groups in total. The molecule has 0 aromatic carbocycles. The first-order valence-corrected chi connectivity index (χ1v) is 7.31. The summed E-state index contributed by atoms with van der Waals surface area (Å²) in [5, 5.41) is 11.9. The molecule has 0 saturated carbocycles. The standard InChI is InChI=1S/C14H24N2O4/c1-3-14(2)4-6-16(7-5-14)13(19)15-11-9-20-8-10(11)12(17)18/h10-11H,3-9H2,1-2H3,(H,15,19)(H,17,18). The summed E-state index contributed by atoms with van der Waals surface area (Å²) in [6.07, 6.45) is 3.13. The first-order chi connectivity index (χ1) is 9.45. The third-order valence-corrected chi connectivity index (χ3v) is 4.82. The zero-order valence-corrected chi connectivity index (χ0v) is 12.2. The fourth-order valence-corrected chi connectivity index (χ4v) is 2.79. The van der Waals surface area contributed by atoms with Crippen LogP contribution < -0.4 is 5.32 Å². The molecule has 0 radical (unpaired) electrons. The minimum atomic E-state index is -0.912. The van der Waals surface area contributed by atoms with Gasteiger partial charge in [0.2, 0.25) is 0 Å². The smallest absolute Gasteiger partial charge is 0.317 e. The van der Waals surface area contributed by atoms with Gasteiger partial charge in [0.05, 0.1) is 19.3 Å². The number of carbonyl (C=O) groups is 2. The second-order valence-corrected chi connectivity index (χ2v) is 6.19. The van der Waals surface area contributed by atoms with Crippen molar-refractivity contribution in [1.82, 2.24) is 10.2 Å². The number of amides is 2. The van der Waals surface area contributed by atoms with Gasteiger partial charge in [-0.05, 0) is 18.3 Å². The Morgan fingerprint density at radius 1 is 1.35 bits per heavy atom. The maximum atomic E-state index is 12.2. The van der Waals surface area contributed by atoms with Crippen LogP contribution in [0.2, 0.25) is 0 Å². The van der Waals surface area contributed by atoms with E-state index in [9.17, 15) is 9.59 Å². The second kappa shape index (κ2) is 5.99. The summed E-state index contributed by atoms with van der Waals surface area (Å²) in [6, 6.07) is -0.579. The molecule has 0 spiro atoms. The van der Waals surface area contributed by atoms with Crippen molar-refractivity contribution in [2.45, 2.75) is 39.2 Å². The highest BCUT2D eigenvalue weighted by molar-refractivity contribution is 5.77. The lowest BCUT2D eigenvalue weighted by molar-refractivity contribution is -0.142. The van der Waals surface area contributed by atoms with Gasteiger partial charge in [-0.3, -0.25) is 4.79 Å². The van der Waals surface area contributed by atoms with Crippen LogP contribution in [0.4, 0.5) is 4.79 Å². The number of nitrogens with zero attached hydrogens (tertiary/aromatic N) is 1. The van der Waals surface area contributed by atoms with Crippen molar-refractivity contribution in [2.75, 3.05) is 26.3 Å². The largest absolute Gasteiger partial charge is 0.481 e. The van der Waals surface area contributed by atoms with Crippen LogP contribution in [-0.4, -0.2) is 54.4 Å². The fraction of sp³-hybridized carbons (Fsp3) is 0.857. The summed E-state index contributed by atoms with van der Waals surface area (Å²) in [5.74, 6) is -1.55. The molecule has 6 nitrogen and oxygen atoms in total. The number of carboxylic acid groups (broad SMARTS) is 1. The van der Waals surface area contributed by atoms with Gasteiger partial charge < -0.3 is 20.1 Å². The molecule has 2 atom stereocenters. The molecule has 2 aliphatic heterocycles. The molecule has 2 unspecified atom stereocenters. The minimum absolute atomic E-state index is 0.162. The van der Waals surface area contributed by atoms with Crippen LogP contribution in [0.25, 0.3) is 0 Å². The molecule has 20 heavy (non-hydrogen) atoms. The molecule has 0 aromatic rings. The highest BCUT2D eigenvalue weighted by atomic mass is 16.5. The highest BCUT2D eigenvalue weighted by Crippen LogP contribution is 2.33. The molecule has 6 heteroatoms. The molecule has 2 heterocycles. The van der Waals surface area contributed by atoms with Crippen molar-refractivity contribution in [2.24, 2.45) is 11.3 Å². The molecule has 2 saturated heterocycles. The number of rotatable bonds is 3. The molecule has 2 aliphatic rings. The Morgan fingerprint density at radius 2 is 2.00 bits per heavy atom. The predicted molar refractivity (Wildman–Crippen MR) is 73.5 cm³/mol. The van der Waals surface area contributed by atoms with E-state index in [0.717, 1.165) is 32.4 Å². The SMILES string of the molecule is CCC1(C)CCN(C(=O)NC2COCC2C(=O)O)CC1. The molecule has 2 amide bonds. The molecule has 2 rings (SSSR count). The van der Waals surface area contributed by atoms with Gasteiger partial charge in [-0.2, -0.15) is 0 Å². The zero-order chi connectivity index (χ0) is 14.8. The van der Waals surface area contributed by atoms with E-state index in [2.05, 4.69) is 19.2 Å². The zero-order valence-electron chi connectivity index (χ0n) is 12.2. The monoisotopic (exact) mass is 284 g/mol. The average Bonchev–Trinajstić information content (AvgIpc) is 2.88. The Labute approximate surface area is 119 Å². The van der Waals surface area contributed by atoms with Crippen molar-refractivity contribution in [1.29, 1.82) is 0 Å². The second-order valence-electron chi connectivity index (χ2n) is 6.19. The van der Waals surface area contributed by atoms with Crippen LogP contribution in [0.15, 0.2) is 0 Å². The maximum absolute atomic E-state index is 12.2. The van der Waals surface area contributed by atoms with Gasteiger partial charge in [0.25, 0.3) is 0 Å². The van der Waals surface area contributed by atoms with Gasteiger partial charge in [-0.15, -0.1) is 0 Å². The van der Waals surface area contributed by atoms with Gasteiger partial charge in [0.15, 0.2) is 0 Å². The van der Waals surface area contributed by atoms with E-state index in [4.69, 9.17) is 9.84 Å². The van der Waals surface area contributed by atoms with Crippen molar-refractivity contribution in [3.05, 3.63) is 0 Å². The van der Waals surface area contributed by atoms with Gasteiger partial charge in [-0.25, -0.2) is 4.79 Å². The van der Waals surface area contributed by atoms with Crippen molar-refractivity contribution < 1.29 is 19.4 Å². The minimum Gasteiger partial charge on any atom is -0.481 e. The summed E-state index contributed by atoms with van der Waals surface area (Å²) in [7, 11) is 0. The van der Waals surface area contributed by atoms with Crippen molar-refractivity contribution in [3.63, 3.8) is 0 Å². The van der Waals surface area contributed by atoms with Crippen molar-refractivity contribution >= 4 is 12.0 Å². The summed E-state index contributed by atoms with van der Waals surface area (Å²) in [6.45, 7) is 6.37. The van der Waals surface area contributed by atoms with Gasteiger partial charge in [0, 0.05) is 13.1 Å². The summed E-state index contributed by atoms with van der Waals surface area (Å²) < 4.78 is 5.16. The van der Waals surface area contributed by atoms with Crippen LogP contribution in [-0.2, 0) is 9.53 Å². The molecule has 114 valence electrons. The van der Waals surface area contributed by atoms with E-state index in [1.54, 1.807) is 4.90 Å². The lowest BCUT2D eigenvalue weighted by atomic mass is 9.78. The fourth-order valence-electron chi connectivity index (χ4n) is 2.79. The number of aliphatic carboxylic acids is 1. The van der Waals surface area contributed by atoms with E-state index < -0.39 is 17.9 Å². The Kier molecular flexibility index (Phi) is 4.52. The molecule has 0 aliphatic carbocycles. The highest BCUT2D eigenvalue weighted by Gasteiger charge is 2.37. The van der Waals surface area contributed by atoms with E-state index in [-0.39, 0.29) is 19.2 Å². The average molecular weight is 284 g/mol. The van der Waals surface area contributed by atoms with Crippen LogP contribution in [0.5, 0.6) is 0 Å². The van der Waals surface area contributed by atoms with E-state index >= 15 is 0 Å². The number of carbonyl (C=O) groups excluding carboxylic acids is 1. The van der Waals surface area contributed by atoms with Crippen LogP contribution in [0.3, 0.4) is 0 Å². The topological polar surface area (TPSA) is 78.9 Å². The van der Waals surface area contributed by atoms with E-state index in [1.807, 2.05) is 0 Å². The lowest BCUT2D eigenvalue weighted by Gasteiger charge is -2.39. The third kappa shape index (κ3) is 3.23. The summed E-state index contributed by atoms with van der Waals surface area (Å²) in [4.78, 5) is 25.0. The van der Waals surface area contributed by atoms with Crippen molar-refractivity contribution in [3.8, 4) is 0 Å². The van der Waals surface area contributed by atoms with Crippen LogP contribution in [0, 0.1) is 11.3 Å². The van der Waals surface area contributed by atoms with Gasteiger partial charge in [0.1, 0.15) is 5.92 Å². The first-order valence-electron chi connectivity index (χ1n) is 7.31. The number of hydrogen-bond acceptors (Lipinski definition) is 3. The van der Waals surface area contributed by atoms with E-state index in [0.29, 0.717) is 5.41 Å². The number of carboxylic acids is 1.